The van der Waals surface area contributed by atoms with Gasteiger partial charge in [0.05, 0.1) is 6.42 Å². The molecule has 0 aromatic heterocycles. The SMILES string of the molecule is CNC(=O)C(CC(N)=O)NC(=O)CCN. The molecule has 1 unspecified atom stereocenters. The maximum atomic E-state index is 11.2. The summed E-state index contributed by atoms with van der Waals surface area (Å²) in [5.74, 6) is -1.50. The number of carbonyl (C=O) groups excluding carboxylic acids is 3. The van der Waals surface area contributed by atoms with Crippen LogP contribution in [-0.2, 0) is 14.4 Å². The average Bonchev–Trinajstić information content (AvgIpc) is 2.15. The molecular weight excluding hydrogens is 200 g/mol. The summed E-state index contributed by atoms with van der Waals surface area (Å²) in [5, 5.41) is 4.69. The van der Waals surface area contributed by atoms with E-state index in [9.17, 15) is 14.4 Å². The third kappa shape index (κ3) is 5.63. The second-order valence-corrected chi connectivity index (χ2v) is 2.94. The summed E-state index contributed by atoms with van der Waals surface area (Å²) in [6.45, 7) is 0.183. The molecule has 6 N–H and O–H groups in total. The van der Waals surface area contributed by atoms with Crippen LogP contribution in [-0.4, -0.2) is 37.4 Å². The van der Waals surface area contributed by atoms with Gasteiger partial charge in [0.1, 0.15) is 6.04 Å². The fourth-order valence-electron chi connectivity index (χ4n) is 0.982. The Kier molecular flexibility index (Phi) is 6.03. The minimum Gasteiger partial charge on any atom is -0.370 e. The molecule has 0 bridgehead atoms. The first-order valence-corrected chi connectivity index (χ1v) is 4.50. The van der Waals surface area contributed by atoms with Crippen molar-refractivity contribution < 1.29 is 14.4 Å². The van der Waals surface area contributed by atoms with E-state index in [4.69, 9.17) is 11.5 Å². The van der Waals surface area contributed by atoms with E-state index in [1.54, 1.807) is 0 Å². The second-order valence-electron chi connectivity index (χ2n) is 2.94. The predicted molar refractivity (Wildman–Crippen MR) is 53.5 cm³/mol. The summed E-state index contributed by atoms with van der Waals surface area (Å²) < 4.78 is 0. The number of primary amides is 1. The lowest BCUT2D eigenvalue weighted by atomic mass is 10.1. The Morgan fingerprint density at radius 1 is 1.33 bits per heavy atom. The smallest absolute Gasteiger partial charge is 0.242 e. The highest BCUT2D eigenvalue weighted by Crippen LogP contribution is 1.92. The molecule has 1 atom stereocenters. The Balaban J connectivity index is 4.30. The third-order valence-corrected chi connectivity index (χ3v) is 1.67. The van der Waals surface area contributed by atoms with Crippen molar-refractivity contribution in [1.82, 2.24) is 10.6 Å². The van der Waals surface area contributed by atoms with Crippen LogP contribution in [0, 0.1) is 0 Å². The number of carbonyl (C=O) groups is 3. The zero-order chi connectivity index (χ0) is 11.8. The molecule has 0 aliphatic carbocycles. The lowest BCUT2D eigenvalue weighted by molar-refractivity contribution is -0.130. The Labute approximate surface area is 87.6 Å². The van der Waals surface area contributed by atoms with E-state index < -0.39 is 17.9 Å². The summed E-state index contributed by atoms with van der Waals surface area (Å²) >= 11 is 0. The van der Waals surface area contributed by atoms with Gasteiger partial charge in [-0.2, -0.15) is 0 Å². The van der Waals surface area contributed by atoms with Gasteiger partial charge < -0.3 is 22.1 Å². The van der Waals surface area contributed by atoms with E-state index in [1.807, 2.05) is 0 Å². The van der Waals surface area contributed by atoms with E-state index in [0.717, 1.165) is 0 Å². The molecule has 3 amide bonds. The fraction of sp³-hybridized carbons (Fsp3) is 0.625. The van der Waals surface area contributed by atoms with Crippen LogP contribution in [0.3, 0.4) is 0 Å². The number of rotatable bonds is 6. The Morgan fingerprint density at radius 3 is 2.33 bits per heavy atom. The number of hydrogen-bond donors (Lipinski definition) is 4. The van der Waals surface area contributed by atoms with Gasteiger partial charge >= 0.3 is 0 Å². The van der Waals surface area contributed by atoms with Gasteiger partial charge in [-0.1, -0.05) is 0 Å². The average molecular weight is 216 g/mol. The van der Waals surface area contributed by atoms with Gasteiger partial charge in [0.15, 0.2) is 0 Å². The van der Waals surface area contributed by atoms with Crippen molar-refractivity contribution in [3.63, 3.8) is 0 Å². The molecule has 0 spiro atoms. The molecule has 0 aromatic carbocycles. The highest BCUT2D eigenvalue weighted by atomic mass is 16.2. The van der Waals surface area contributed by atoms with Crippen molar-refractivity contribution >= 4 is 17.7 Å². The molecule has 0 radical (unpaired) electrons. The number of amides is 3. The Morgan fingerprint density at radius 2 is 1.93 bits per heavy atom. The van der Waals surface area contributed by atoms with Gasteiger partial charge in [-0.3, -0.25) is 14.4 Å². The van der Waals surface area contributed by atoms with Crippen molar-refractivity contribution in [1.29, 1.82) is 0 Å². The number of nitrogens with two attached hydrogens (primary N) is 2. The summed E-state index contributed by atoms with van der Waals surface area (Å²) in [6, 6.07) is -0.924. The maximum absolute atomic E-state index is 11.2. The molecule has 0 heterocycles. The normalized spacial score (nSPS) is 11.6. The van der Waals surface area contributed by atoms with E-state index in [-0.39, 0.29) is 25.3 Å². The van der Waals surface area contributed by atoms with Crippen molar-refractivity contribution in [3.8, 4) is 0 Å². The zero-order valence-corrected chi connectivity index (χ0v) is 8.58. The minimum atomic E-state index is -0.924. The molecule has 0 saturated carbocycles. The molecule has 7 nitrogen and oxygen atoms in total. The van der Waals surface area contributed by atoms with Gasteiger partial charge in [0, 0.05) is 20.0 Å². The minimum absolute atomic E-state index is 0.103. The maximum Gasteiger partial charge on any atom is 0.242 e. The van der Waals surface area contributed by atoms with Gasteiger partial charge in [0.25, 0.3) is 0 Å². The molecule has 0 saturated heterocycles. The van der Waals surface area contributed by atoms with Crippen LogP contribution in [0.25, 0.3) is 0 Å². The first-order chi connectivity index (χ1) is 7.01. The standard InChI is InChI=1S/C8H16N4O3/c1-11-8(15)5(4-6(10)13)12-7(14)2-3-9/h5H,2-4,9H2,1H3,(H2,10,13)(H,11,15)(H,12,14). The first-order valence-electron chi connectivity index (χ1n) is 4.50. The lowest BCUT2D eigenvalue weighted by Gasteiger charge is -2.15. The largest absolute Gasteiger partial charge is 0.370 e. The van der Waals surface area contributed by atoms with Crippen LogP contribution in [0.15, 0.2) is 0 Å². The molecule has 15 heavy (non-hydrogen) atoms. The van der Waals surface area contributed by atoms with Crippen molar-refractivity contribution in [2.24, 2.45) is 11.5 Å². The highest BCUT2D eigenvalue weighted by Gasteiger charge is 2.21. The molecule has 7 heteroatoms. The first kappa shape index (κ1) is 13.4. The van der Waals surface area contributed by atoms with Gasteiger partial charge in [-0.05, 0) is 0 Å². The molecule has 86 valence electrons. The van der Waals surface area contributed by atoms with Crippen molar-refractivity contribution in [2.45, 2.75) is 18.9 Å². The van der Waals surface area contributed by atoms with Crippen molar-refractivity contribution in [3.05, 3.63) is 0 Å². The third-order valence-electron chi connectivity index (χ3n) is 1.67. The number of likely N-dealkylation sites (N-methyl/N-ethyl adjacent to an activating group) is 1. The van der Waals surface area contributed by atoms with Gasteiger partial charge in [-0.25, -0.2) is 0 Å². The van der Waals surface area contributed by atoms with Crippen LogP contribution in [0.1, 0.15) is 12.8 Å². The highest BCUT2D eigenvalue weighted by molar-refractivity contribution is 5.91. The quantitative estimate of drug-likeness (QED) is 0.389. The van der Waals surface area contributed by atoms with E-state index >= 15 is 0 Å². The van der Waals surface area contributed by atoms with E-state index in [1.165, 1.54) is 7.05 Å². The van der Waals surface area contributed by atoms with Crippen LogP contribution >= 0.6 is 0 Å². The van der Waals surface area contributed by atoms with Crippen LogP contribution in [0.5, 0.6) is 0 Å². The molecule has 0 aliphatic heterocycles. The molecule has 0 aromatic rings. The second kappa shape index (κ2) is 6.77. The van der Waals surface area contributed by atoms with Gasteiger partial charge in [-0.15, -0.1) is 0 Å². The lowest BCUT2D eigenvalue weighted by Crippen LogP contribution is -2.47. The summed E-state index contributed by atoms with van der Waals surface area (Å²) in [6.07, 6.45) is -0.123. The zero-order valence-electron chi connectivity index (χ0n) is 8.58. The summed E-state index contributed by atoms with van der Waals surface area (Å²) in [5.41, 5.74) is 10.1. The molecule has 0 fully saturated rings. The summed E-state index contributed by atoms with van der Waals surface area (Å²) in [7, 11) is 1.41. The van der Waals surface area contributed by atoms with Crippen LogP contribution in [0.4, 0.5) is 0 Å². The number of hydrogen-bond acceptors (Lipinski definition) is 4. The topological polar surface area (TPSA) is 127 Å². The van der Waals surface area contributed by atoms with Gasteiger partial charge in [0.2, 0.25) is 17.7 Å². The number of nitrogens with one attached hydrogen (secondary N) is 2. The van der Waals surface area contributed by atoms with E-state index in [2.05, 4.69) is 10.6 Å². The fourth-order valence-corrected chi connectivity index (χ4v) is 0.982. The van der Waals surface area contributed by atoms with E-state index in [0.29, 0.717) is 0 Å². The van der Waals surface area contributed by atoms with Crippen LogP contribution in [0.2, 0.25) is 0 Å². The molecule has 0 aliphatic rings. The Bertz CT molecular complexity index is 254. The van der Waals surface area contributed by atoms with Crippen LogP contribution < -0.4 is 22.1 Å². The summed E-state index contributed by atoms with van der Waals surface area (Å²) in [4.78, 5) is 33.0. The molecule has 0 rings (SSSR count). The monoisotopic (exact) mass is 216 g/mol. The molecular formula is C8H16N4O3. The van der Waals surface area contributed by atoms with Crippen molar-refractivity contribution in [2.75, 3.05) is 13.6 Å². The Hall–Kier alpha value is -1.63. The predicted octanol–water partition coefficient (Wildman–Crippen LogP) is -2.56.